The molecular weight excluding hydrogens is 471 g/mol. The number of carbonyl (C=O) groups excluding carboxylic acids is 1. The Morgan fingerprint density at radius 1 is 1.11 bits per heavy atom. The van der Waals surface area contributed by atoms with Gasteiger partial charge in [-0.2, -0.15) is 0 Å². The first-order chi connectivity index (χ1) is 16.7. The number of fused-ring (bicyclic) bond motifs is 2. The van der Waals surface area contributed by atoms with E-state index in [1.165, 1.54) is 18.1 Å². The van der Waals surface area contributed by atoms with Gasteiger partial charge in [-0.1, -0.05) is 25.1 Å². The highest BCUT2D eigenvalue weighted by Crippen LogP contribution is 2.77. The SMILES string of the molecule is CC(=O)O[C@H]1CC[C@H]2[C@@H]3[C@@]4(CS(C)=O)Cc5cc(B6OC(C)(C)C(C)(C)O6)ccc5[C@]3(CC[C@]12C)C4. The van der Waals surface area contributed by atoms with Crippen molar-refractivity contribution < 1.29 is 23.0 Å². The van der Waals surface area contributed by atoms with Crippen LogP contribution in [0, 0.1) is 22.7 Å². The monoisotopic (exact) mass is 512 g/mol. The van der Waals surface area contributed by atoms with E-state index in [4.69, 9.17) is 14.0 Å². The third-order valence-electron chi connectivity index (χ3n) is 11.3. The molecule has 4 fully saturated rings. The van der Waals surface area contributed by atoms with E-state index in [0.29, 0.717) is 11.8 Å². The number of benzene rings is 1. The summed E-state index contributed by atoms with van der Waals surface area (Å²) in [6.07, 6.45) is 8.22. The predicted octanol–water partition coefficient (Wildman–Crippen LogP) is 4.31. The lowest BCUT2D eigenvalue weighted by Crippen LogP contribution is -2.71. The molecule has 3 saturated carbocycles. The number of hydrogen-bond donors (Lipinski definition) is 0. The van der Waals surface area contributed by atoms with Crippen LogP contribution in [0.25, 0.3) is 0 Å². The minimum Gasteiger partial charge on any atom is -0.462 e. The molecule has 0 aromatic heterocycles. The van der Waals surface area contributed by atoms with Gasteiger partial charge in [-0.15, -0.1) is 0 Å². The van der Waals surface area contributed by atoms with Gasteiger partial charge in [0.05, 0.1) is 11.2 Å². The number of ether oxygens (including phenoxy) is 1. The van der Waals surface area contributed by atoms with Gasteiger partial charge in [0.1, 0.15) is 6.10 Å². The smallest absolute Gasteiger partial charge is 0.462 e. The van der Waals surface area contributed by atoms with Crippen LogP contribution in [0.1, 0.15) is 84.8 Å². The van der Waals surface area contributed by atoms with Gasteiger partial charge in [0.25, 0.3) is 0 Å². The molecule has 1 unspecified atom stereocenters. The molecule has 1 saturated heterocycles. The zero-order valence-electron chi connectivity index (χ0n) is 22.9. The Balaban J connectivity index is 1.38. The number of carbonyl (C=O) groups is 1. The fourth-order valence-corrected chi connectivity index (χ4v) is 10.5. The van der Waals surface area contributed by atoms with Crippen molar-refractivity contribution in [2.24, 2.45) is 22.7 Å². The first kappa shape index (κ1) is 25.1. The Hall–Kier alpha value is -1.18. The minimum atomic E-state index is -0.862. The van der Waals surface area contributed by atoms with E-state index in [0.717, 1.165) is 49.7 Å². The summed E-state index contributed by atoms with van der Waals surface area (Å²) >= 11 is 0. The topological polar surface area (TPSA) is 61.8 Å². The molecule has 7 heteroatoms. The van der Waals surface area contributed by atoms with E-state index in [9.17, 15) is 9.00 Å². The first-order valence-corrected chi connectivity index (χ1v) is 15.4. The van der Waals surface area contributed by atoms with Crippen LogP contribution in [0.3, 0.4) is 0 Å². The van der Waals surface area contributed by atoms with E-state index in [-0.39, 0.29) is 46.6 Å². The number of esters is 1. The lowest BCUT2D eigenvalue weighted by molar-refractivity contribution is -0.187. The van der Waals surface area contributed by atoms with Crippen molar-refractivity contribution in [1.82, 2.24) is 0 Å². The van der Waals surface area contributed by atoms with Crippen LogP contribution in [-0.4, -0.2) is 46.6 Å². The fraction of sp³-hybridized carbons (Fsp3) is 0.759. The molecule has 0 amide bonds. The molecule has 5 aliphatic rings. The third-order valence-corrected chi connectivity index (χ3v) is 12.3. The highest BCUT2D eigenvalue weighted by Gasteiger charge is 2.74. The zero-order valence-corrected chi connectivity index (χ0v) is 23.8. The van der Waals surface area contributed by atoms with Crippen molar-refractivity contribution in [2.45, 2.75) is 103 Å². The summed E-state index contributed by atoms with van der Waals surface area (Å²) in [4.78, 5) is 11.9. The van der Waals surface area contributed by atoms with Crippen molar-refractivity contribution in [3.63, 3.8) is 0 Å². The maximum absolute atomic E-state index is 12.7. The molecule has 196 valence electrons. The van der Waals surface area contributed by atoms with E-state index >= 15 is 0 Å². The number of rotatable bonds is 4. The fourth-order valence-electron chi connectivity index (χ4n) is 9.29. The predicted molar refractivity (Wildman–Crippen MR) is 143 cm³/mol. The zero-order chi connectivity index (χ0) is 25.9. The van der Waals surface area contributed by atoms with Gasteiger partial charge in [0, 0.05) is 35.1 Å². The molecule has 0 radical (unpaired) electrons. The first-order valence-electron chi connectivity index (χ1n) is 13.7. The van der Waals surface area contributed by atoms with Crippen LogP contribution in [0.2, 0.25) is 0 Å². The summed E-state index contributed by atoms with van der Waals surface area (Å²) < 4.78 is 31.4. The summed E-state index contributed by atoms with van der Waals surface area (Å²) in [5, 5.41) is 0. The van der Waals surface area contributed by atoms with Gasteiger partial charge >= 0.3 is 13.1 Å². The Labute approximate surface area is 219 Å². The van der Waals surface area contributed by atoms with E-state index in [1.54, 1.807) is 0 Å². The maximum atomic E-state index is 12.7. The largest absolute Gasteiger partial charge is 0.494 e. The van der Waals surface area contributed by atoms with E-state index in [1.807, 2.05) is 6.26 Å². The summed E-state index contributed by atoms with van der Waals surface area (Å²) in [5.74, 6) is 1.60. The molecule has 5 nitrogen and oxygen atoms in total. The van der Waals surface area contributed by atoms with Crippen LogP contribution in [-0.2, 0) is 41.5 Å². The molecule has 7 atom stereocenters. The second-order valence-electron chi connectivity index (χ2n) is 13.9. The van der Waals surface area contributed by atoms with Crippen molar-refractivity contribution in [3.05, 3.63) is 29.3 Å². The lowest BCUT2D eigenvalue weighted by Gasteiger charge is -2.73. The Bertz CT molecular complexity index is 1130. The second-order valence-corrected chi connectivity index (χ2v) is 15.3. The highest BCUT2D eigenvalue weighted by atomic mass is 32.2. The van der Waals surface area contributed by atoms with Gasteiger partial charge in [-0.05, 0) is 105 Å². The minimum absolute atomic E-state index is 0.00747. The molecule has 36 heavy (non-hydrogen) atoms. The summed E-state index contributed by atoms with van der Waals surface area (Å²) in [5.41, 5.74) is 3.47. The molecule has 0 spiro atoms. The van der Waals surface area contributed by atoms with Crippen molar-refractivity contribution in [3.8, 4) is 0 Å². The summed E-state index contributed by atoms with van der Waals surface area (Å²) in [6.45, 7) is 12.3. The Kier molecular flexibility index (Phi) is 5.37. The molecule has 1 heterocycles. The van der Waals surface area contributed by atoms with Crippen molar-refractivity contribution >= 4 is 29.4 Å². The lowest BCUT2D eigenvalue weighted by atomic mass is 9.31. The van der Waals surface area contributed by atoms with Gasteiger partial charge in [-0.3, -0.25) is 9.00 Å². The third kappa shape index (κ3) is 3.27. The van der Waals surface area contributed by atoms with Gasteiger partial charge in [0.2, 0.25) is 0 Å². The summed E-state index contributed by atoms with van der Waals surface area (Å²) in [6, 6.07) is 6.90. The van der Waals surface area contributed by atoms with Gasteiger partial charge in [0.15, 0.2) is 0 Å². The summed E-state index contributed by atoms with van der Waals surface area (Å²) in [7, 11) is -1.23. The highest BCUT2D eigenvalue weighted by molar-refractivity contribution is 7.84. The molecule has 1 aromatic rings. The Morgan fingerprint density at radius 2 is 1.81 bits per heavy atom. The van der Waals surface area contributed by atoms with Gasteiger partial charge < -0.3 is 14.0 Å². The molecule has 6 rings (SSSR count). The van der Waals surface area contributed by atoms with Crippen LogP contribution in [0.4, 0.5) is 0 Å². The normalized spacial score (nSPS) is 42.1. The van der Waals surface area contributed by atoms with E-state index in [2.05, 4.69) is 52.8 Å². The maximum Gasteiger partial charge on any atom is 0.494 e. The average molecular weight is 513 g/mol. The molecular formula is C29H41BO5S. The van der Waals surface area contributed by atoms with Crippen LogP contribution < -0.4 is 5.46 Å². The molecule has 2 bridgehead atoms. The molecule has 4 aliphatic carbocycles. The van der Waals surface area contributed by atoms with Gasteiger partial charge in [-0.25, -0.2) is 0 Å². The van der Waals surface area contributed by atoms with Crippen molar-refractivity contribution in [1.29, 1.82) is 0 Å². The standard InChI is InChI=1S/C29H41BO5S/c1-18(31)33-23-11-10-22-24-28(17-36(7)32)15-19-14-20(30-34-25(2,3)26(4,5)35-30)8-9-21(19)29(24,16-28)13-12-27(22,23)6/h8-9,14,22-24H,10-13,15-17H2,1-7H3/t22-,23-,24+,27-,28-,29-,36?/m0/s1. The van der Waals surface area contributed by atoms with Crippen LogP contribution >= 0.6 is 0 Å². The molecule has 1 aromatic carbocycles. The van der Waals surface area contributed by atoms with E-state index < -0.39 is 10.8 Å². The van der Waals surface area contributed by atoms with Crippen LogP contribution in [0.15, 0.2) is 18.2 Å². The van der Waals surface area contributed by atoms with Crippen LogP contribution in [0.5, 0.6) is 0 Å². The molecule has 1 aliphatic heterocycles. The molecule has 0 N–H and O–H groups in total. The Morgan fingerprint density at radius 3 is 2.44 bits per heavy atom. The number of hydrogen-bond acceptors (Lipinski definition) is 5. The van der Waals surface area contributed by atoms with Crippen molar-refractivity contribution in [2.75, 3.05) is 12.0 Å². The second kappa shape index (κ2) is 7.69. The average Bonchev–Trinajstić information content (AvgIpc) is 3.17. The quantitative estimate of drug-likeness (QED) is 0.445.